The molecule has 138 valence electrons. The highest BCUT2D eigenvalue weighted by Crippen LogP contribution is 2.39. The van der Waals surface area contributed by atoms with Crippen molar-refractivity contribution >= 4 is 17.6 Å². The molecule has 0 saturated carbocycles. The largest absolute Gasteiger partial charge is 0.456 e. The van der Waals surface area contributed by atoms with Crippen molar-refractivity contribution in [3.63, 3.8) is 0 Å². The first-order valence-electron chi connectivity index (χ1n) is 7.62. The van der Waals surface area contributed by atoms with Crippen LogP contribution in [0.15, 0.2) is 36.4 Å². The number of hydrogen-bond acceptors (Lipinski definition) is 3. The molecule has 3 rings (SSSR count). The topological polar surface area (TPSA) is 75.8 Å². The standard InChI is InChI=1S/C17H14ClF3N2O3/c18-13-8-10(17(19,20)21)2-6-15(13)26-11-3-4-12-9(7-11)1-5-14(12)23(25)16(22)24/h2-4,6-8,14,25H,1,5H2,(H2,22,24). The summed E-state index contributed by atoms with van der Waals surface area (Å²) in [4.78, 5) is 11.1. The molecule has 0 bridgehead atoms. The fourth-order valence-electron chi connectivity index (χ4n) is 2.93. The van der Waals surface area contributed by atoms with Gasteiger partial charge in [-0.2, -0.15) is 18.2 Å². The van der Waals surface area contributed by atoms with Crippen LogP contribution in [0.5, 0.6) is 11.5 Å². The zero-order chi connectivity index (χ0) is 19.1. The SMILES string of the molecule is NC(=O)N(O)C1CCc2cc(Oc3ccc(C(F)(F)F)cc3Cl)ccc21. The molecule has 0 heterocycles. The zero-order valence-corrected chi connectivity index (χ0v) is 14.0. The number of primary amides is 1. The Kier molecular flexibility index (Phi) is 4.72. The van der Waals surface area contributed by atoms with Gasteiger partial charge in [-0.3, -0.25) is 5.21 Å². The van der Waals surface area contributed by atoms with Crippen molar-refractivity contribution in [1.82, 2.24) is 5.06 Å². The fourth-order valence-corrected chi connectivity index (χ4v) is 3.15. The Balaban J connectivity index is 1.82. The molecule has 5 nitrogen and oxygen atoms in total. The van der Waals surface area contributed by atoms with Crippen molar-refractivity contribution in [2.45, 2.75) is 25.1 Å². The van der Waals surface area contributed by atoms with Crippen LogP contribution in [0, 0.1) is 0 Å². The Labute approximate surface area is 151 Å². The third kappa shape index (κ3) is 3.56. The average Bonchev–Trinajstić information content (AvgIpc) is 2.98. The second-order valence-corrected chi connectivity index (χ2v) is 6.25. The van der Waals surface area contributed by atoms with Gasteiger partial charge in [-0.05, 0) is 54.3 Å². The molecule has 1 unspecified atom stereocenters. The summed E-state index contributed by atoms with van der Waals surface area (Å²) in [6.07, 6.45) is -3.40. The number of amides is 2. The van der Waals surface area contributed by atoms with Gasteiger partial charge in [0.15, 0.2) is 0 Å². The van der Waals surface area contributed by atoms with E-state index in [2.05, 4.69) is 0 Å². The van der Waals surface area contributed by atoms with E-state index >= 15 is 0 Å². The van der Waals surface area contributed by atoms with Crippen LogP contribution in [-0.4, -0.2) is 16.3 Å². The first kappa shape index (κ1) is 18.3. The van der Waals surface area contributed by atoms with E-state index in [9.17, 15) is 23.2 Å². The number of aryl methyl sites for hydroxylation is 1. The molecule has 0 fully saturated rings. The molecule has 0 saturated heterocycles. The van der Waals surface area contributed by atoms with Crippen LogP contribution in [0.25, 0.3) is 0 Å². The Hall–Kier alpha value is -2.45. The van der Waals surface area contributed by atoms with Crippen LogP contribution in [0.1, 0.15) is 29.2 Å². The van der Waals surface area contributed by atoms with E-state index < -0.39 is 23.8 Å². The van der Waals surface area contributed by atoms with Crippen molar-refractivity contribution in [2.24, 2.45) is 5.73 Å². The average molecular weight is 387 g/mol. The minimum Gasteiger partial charge on any atom is -0.456 e. The fraction of sp³-hybridized carbons (Fsp3) is 0.235. The normalized spacial score (nSPS) is 16.3. The summed E-state index contributed by atoms with van der Waals surface area (Å²) >= 11 is 5.89. The van der Waals surface area contributed by atoms with E-state index in [1.165, 1.54) is 0 Å². The van der Waals surface area contributed by atoms with E-state index in [0.717, 1.165) is 29.3 Å². The van der Waals surface area contributed by atoms with E-state index in [1.807, 2.05) is 0 Å². The third-order valence-corrected chi connectivity index (χ3v) is 4.46. The van der Waals surface area contributed by atoms with E-state index in [-0.39, 0.29) is 10.8 Å². The van der Waals surface area contributed by atoms with Crippen molar-refractivity contribution in [2.75, 3.05) is 0 Å². The molecule has 2 aromatic carbocycles. The third-order valence-electron chi connectivity index (χ3n) is 4.17. The molecule has 26 heavy (non-hydrogen) atoms. The highest BCUT2D eigenvalue weighted by atomic mass is 35.5. The van der Waals surface area contributed by atoms with Gasteiger partial charge in [0.1, 0.15) is 11.5 Å². The van der Waals surface area contributed by atoms with Crippen molar-refractivity contribution in [3.8, 4) is 11.5 Å². The lowest BCUT2D eigenvalue weighted by Crippen LogP contribution is -2.35. The number of carbonyl (C=O) groups excluding carboxylic acids is 1. The van der Waals surface area contributed by atoms with Crippen LogP contribution in [0.4, 0.5) is 18.0 Å². The minimum absolute atomic E-state index is 0.0927. The number of ether oxygens (including phenoxy) is 1. The number of carbonyl (C=O) groups is 1. The van der Waals surface area contributed by atoms with Crippen LogP contribution in [0.2, 0.25) is 5.02 Å². The van der Waals surface area contributed by atoms with E-state index in [0.29, 0.717) is 23.7 Å². The van der Waals surface area contributed by atoms with Gasteiger partial charge in [0.05, 0.1) is 16.6 Å². The number of urea groups is 1. The zero-order valence-electron chi connectivity index (χ0n) is 13.3. The maximum absolute atomic E-state index is 12.7. The Morgan fingerprint density at radius 1 is 1.27 bits per heavy atom. The molecule has 9 heteroatoms. The van der Waals surface area contributed by atoms with Gasteiger partial charge in [0.2, 0.25) is 0 Å². The van der Waals surface area contributed by atoms with Gasteiger partial charge < -0.3 is 10.5 Å². The number of nitrogens with zero attached hydrogens (tertiary/aromatic N) is 1. The molecule has 2 aromatic rings. The van der Waals surface area contributed by atoms with Crippen LogP contribution in [0.3, 0.4) is 0 Å². The van der Waals surface area contributed by atoms with Crippen molar-refractivity contribution < 1.29 is 27.9 Å². The number of nitrogens with two attached hydrogens (primary N) is 1. The Morgan fingerprint density at radius 2 is 2.00 bits per heavy atom. The van der Waals surface area contributed by atoms with Gasteiger partial charge >= 0.3 is 12.2 Å². The Bertz CT molecular complexity index is 858. The number of alkyl halides is 3. The lowest BCUT2D eigenvalue weighted by Gasteiger charge is -2.20. The molecular weight excluding hydrogens is 373 g/mol. The molecule has 3 N–H and O–H groups in total. The molecule has 1 atom stereocenters. The van der Waals surface area contributed by atoms with Crippen LogP contribution in [-0.2, 0) is 12.6 Å². The lowest BCUT2D eigenvalue weighted by atomic mass is 10.1. The van der Waals surface area contributed by atoms with Gasteiger partial charge in [-0.1, -0.05) is 17.7 Å². The second-order valence-electron chi connectivity index (χ2n) is 5.84. The summed E-state index contributed by atoms with van der Waals surface area (Å²) in [5.41, 5.74) is 5.80. The number of hydroxylamine groups is 2. The summed E-state index contributed by atoms with van der Waals surface area (Å²) in [7, 11) is 0. The summed E-state index contributed by atoms with van der Waals surface area (Å²) in [5, 5.41) is 10.1. The molecule has 0 radical (unpaired) electrons. The number of halogens is 4. The summed E-state index contributed by atoms with van der Waals surface area (Å²) in [6.45, 7) is 0. The van der Waals surface area contributed by atoms with Gasteiger partial charge in [0.25, 0.3) is 0 Å². The van der Waals surface area contributed by atoms with Crippen LogP contribution >= 0.6 is 11.6 Å². The predicted octanol–water partition coefficient (Wildman–Crippen LogP) is 4.91. The number of rotatable bonds is 3. The quantitative estimate of drug-likeness (QED) is 0.581. The number of fused-ring (bicyclic) bond motifs is 1. The second kappa shape index (κ2) is 6.69. The number of benzene rings is 2. The van der Waals surface area contributed by atoms with Gasteiger partial charge in [0, 0.05) is 0 Å². The smallest absolute Gasteiger partial charge is 0.416 e. The highest BCUT2D eigenvalue weighted by molar-refractivity contribution is 6.32. The maximum Gasteiger partial charge on any atom is 0.416 e. The summed E-state index contributed by atoms with van der Waals surface area (Å²) in [6, 6.07) is 6.32. The molecular formula is C17H14ClF3N2O3. The minimum atomic E-state index is -4.48. The van der Waals surface area contributed by atoms with E-state index in [4.69, 9.17) is 22.1 Å². The lowest BCUT2D eigenvalue weighted by molar-refractivity contribution is -0.137. The van der Waals surface area contributed by atoms with E-state index in [1.54, 1.807) is 18.2 Å². The Morgan fingerprint density at radius 3 is 2.62 bits per heavy atom. The summed E-state index contributed by atoms with van der Waals surface area (Å²) < 4.78 is 43.6. The van der Waals surface area contributed by atoms with Gasteiger partial charge in [-0.15, -0.1) is 0 Å². The maximum atomic E-state index is 12.7. The number of hydrogen-bond donors (Lipinski definition) is 2. The molecule has 0 aliphatic heterocycles. The van der Waals surface area contributed by atoms with Crippen molar-refractivity contribution in [1.29, 1.82) is 0 Å². The molecule has 2 amide bonds. The van der Waals surface area contributed by atoms with Crippen molar-refractivity contribution in [3.05, 3.63) is 58.1 Å². The predicted molar refractivity (Wildman–Crippen MR) is 87.2 cm³/mol. The monoisotopic (exact) mass is 386 g/mol. The van der Waals surface area contributed by atoms with Crippen LogP contribution < -0.4 is 10.5 Å². The molecule has 0 spiro atoms. The molecule has 1 aliphatic rings. The molecule has 0 aromatic heterocycles. The first-order valence-corrected chi connectivity index (χ1v) is 7.99. The molecule has 1 aliphatic carbocycles. The first-order chi connectivity index (χ1) is 12.2. The highest BCUT2D eigenvalue weighted by Gasteiger charge is 2.32. The van der Waals surface area contributed by atoms with Gasteiger partial charge in [-0.25, -0.2) is 4.79 Å². The summed E-state index contributed by atoms with van der Waals surface area (Å²) in [5.74, 6) is 0.477.